The Kier molecular flexibility index (Phi) is 5.68. The molecule has 6 heteroatoms. The Balaban J connectivity index is 1.89. The Bertz CT molecular complexity index is 1050. The highest BCUT2D eigenvalue weighted by atomic mass is 16.6. The van der Waals surface area contributed by atoms with Crippen molar-refractivity contribution in [1.29, 1.82) is 0 Å². The molecule has 3 aromatic rings. The number of hydrogen-bond acceptors (Lipinski definition) is 6. The van der Waals surface area contributed by atoms with E-state index in [1.165, 1.54) is 12.7 Å². The van der Waals surface area contributed by atoms with Gasteiger partial charge in [-0.15, -0.1) is 0 Å². The molecule has 0 fully saturated rings. The summed E-state index contributed by atoms with van der Waals surface area (Å²) in [6, 6.07) is 12.4. The fraction of sp³-hybridized carbons (Fsp3) is 0.273. The van der Waals surface area contributed by atoms with Crippen LogP contribution in [-0.2, 0) is 9.53 Å². The minimum Gasteiger partial charge on any atom is -0.482 e. The molecule has 0 N–H and O–H groups in total. The van der Waals surface area contributed by atoms with Crippen molar-refractivity contribution in [3.63, 3.8) is 0 Å². The van der Waals surface area contributed by atoms with Crippen LogP contribution in [0.2, 0.25) is 0 Å². The van der Waals surface area contributed by atoms with E-state index >= 15 is 0 Å². The molecule has 0 aliphatic rings. The average molecular weight is 382 g/mol. The number of benzene rings is 2. The molecule has 3 rings (SSSR count). The lowest BCUT2D eigenvalue weighted by Gasteiger charge is -2.11. The first kappa shape index (κ1) is 19.5. The third-order valence-electron chi connectivity index (χ3n) is 4.34. The van der Waals surface area contributed by atoms with Gasteiger partial charge in [0.2, 0.25) is 11.2 Å². The number of carbonyl (C=O) groups is 1. The quantitative estimate of drug-likeness (QED) is 0.582. The standard InChI is InChI=1S/C22H22O6/c1-13(2)15-5-7-16(8-6-15)28-22-14(3)27-19-11-17(26-12-20(23)25-4)9-10-18(19)21(22)24/h5-11,13H,12H2,1-4H3. The Morgan fingerprint density at radius 2 is 1.75 bits per heavy atom. The third kappa shape index (κ3) is 4.17. The molecule has 0 atom stereocenters. The van der Waals surface area contributed by atoms with Crippen molar-refractivity contribution in [3.8, 4) is 17.2 Å². The second kappa shape index (κ2) is 8.17. The first-order valence-corrected chi connectivity index (χ1v) is 8.94. The van der Waals surface area contributed by atoms with Crippen LogP contribution in [0, 0.1) is 6.92 Å². The monoisotopic (exact) mass is 382 g/mol. The van der Waals surface area contributed by atoms with E-state index in [1.54, 1.807) is 25.1 Å². The minimum atomic E-state index is -0.495. The first-order chi connectivity index (χ1) is 13.4. The summed E-state index contributed by atoms with van der Waals surface area (Å²) in [5.74, 6) is 1.39. The minimum absolute atomic E-state index is 0.146. The summed E-state index contributed by atoms with van der Waals surface area (Å²) in [7, 11) is 1.28. The van der Waals surface area contributed by atoms with Crippen molar-refractivity contribution in [3.05, 3.63) is 64.0 Å². The SMILES string of the molecule is COC(=O)COc1ccc2c(=O)c(Oc3ccc(C(C)C)cc3)c(C)oc2c1. The molecule has 6 nitrogen and oxygen atoms in total. The van der Waals surface area contributed by atoms with E-state index in [0.717, 1.165) is 0 Å². The molecule has 0 saturated carbocycles. The predicted octanol–water partition coefficient (Wildman–Crippen LogP) is 4.57. The smallest absolute Gasteiger partial charge is 0.343 e. The molecular weight excluding hydrogens is 360 g/mol. The van der Waals surface area contributed by atoms with Crippen molar-refractivity contribution >= 4 is 16.9 Å². The highest BCUT2D eigenvalue weighted by Crippen LogP contribution is 2.28. The number of methoxy groups -OCH3 is 1. The molecule has 0 saturated heterocycles. The molecular formula is C22H22O6. The Morgan fingerprint density at radius 1 is 1.07 bits per heavy atom. The van der Waals surface area contributed by atoms with Crippen molar-refractivity contribution in [2.24, 2.45) is 0 Å². The number of hydrogen-bond donors (Lipinski definition) is 0. The van der Waals surface area contributed by atoms with Crippen LogP contribution in [0.1, 0.15) is 31.1 Å². The summed E-state index contributed by atoms with van der Waals surface area (Å²) in [4.78, 5) is 24.0. The first-order valence-electron chi connectivity index (χ1n) is 8.94. The number of esters is 1. The number of ether oxygens (including phenoxy) is 3. The van der Waals surface area contributed by atoms with Gasteiger partial charge in [0.1, 0.15) is 22.8 Å². The molecule has 0 aliphatic heterocycles. The summed E-state index contributed by atoms with van der Waals surface area (Å²) in [6.07, 6.45) is 0. The molecule has 0 bridgehead atoms. The molecule has 2 aromatic carbocycles. The van der Waals surface area contributed by atoms with Gasteiger partial charge in [0.05, 0.1) is 12.5 Å². The van der Waals surface area contributed by atoms with Gasteiger partial charge < -0.3 is 18.6 Å². The van der Waals surface area contributed by atoms with Crippen LogP contribution in [0.3, 0.4) is 0 Å². The highest BCUT2D eigenvalue weighted by molar-refractivity contribution is 5.80. The third-order valence-corrected chi connectivity index (χ3v) is 4.34. The Labute approximate surface area is 162 Å². The molecule has 1 heterocycles. The lowest BCUT2D eigenvalue weighted by molar-refractivity contribution is -0.142. The Morgan fingerprint density at radius 3 is 2.39 bits per heavy atom. The number of carbonyl (C=O) groups excluding carboxylic acids is 1. The zero-order chi connectivity index (χ0) is 20.3. The second-order valence-corrected chi connectivity index (χ2v) is 6.67. The van der Waals surface area contributed by atoms with Crippen LogP contribution in [0.15, 0.2) is 51.7 Å². The number of aryl methyl sites for hydroxylation is 1. The molecule has 0 aliphatic carbocycles. The molecule has 0 amide bonds. The van der Waals surface area contributed by atoms with Crippen molar-refractivity contribution in [2.75, 3.05) is 13.7 Å². The van der Waals surface area contributed by atoms with E-state index in [1.807, 2.05) is 24.3 Å². The van der Waals surface area contributed by atoms with Crippen LogP contribution in [0.25, 0.3) is 11.0 Å². The van der Waals surface area contributed by atoms with Gasteiger partial charge in [-0.1, -0.05) is 26.0 Å². The van der Waals surface area contributed by atoms with Crippen molar-refractivity contribution in [1.82, 2.24) is 0 Å². The topological polar surface area (TPSA) is 75.0 Å². The van der Waals surface area contributed by atoms with E-state index < -0.39 is 5.97 Å². The van der Waals surface area contributed by atoms with Gasteiger partial charge in [-0.05, 0) is 42.7 Å². The van der Waals surface area contributed by atoms with Gasteiger partial charge in [0.25, 0.3) is 0 Å². The number of fused-ring (bicyclic) bond motifs is 1. The highest BCUT2D eigenvalue weighted by Gasteiger charge is 2.15. The van der Waals surface area contributed by atoms with E-state index in [4.69, 9.17) is 13.9 Å². The second-order valence-electron chi connectivity index (χ2n) is 6.67. The molecule has 0 radical (unpaired) electrons. The molecule has 146 valence electrons. The lowest BCUT2D eigenvalue weighted by atomic mass is 10.0. The van der Waals surface area contributed by atoms with Crippen LogP contribution in [0.5, 0.6) is 17.2 Å². The van der Waals surface area contributed by atoms with E-state index in [9.17, 15) is 9.59 Å². The van der Waals surface area contributed by atoms with Crippen LogP contribution >= 0.6 is 0 Å². The molecule has 0 spiro atoms. The van der Waals surface area contributed by atoms with Gasteiger partial charge in [-0.2, -0.15) is 0 Å². The Hall–Kier alpha value is -3.28. The average Bonchev–Trinajstić information content (AvgIpc) is 2.69. The van der Waals surface area contributed by atoms with Crippen LogP contribution < -0.4 is 14.9 Å². The summed E-state index contributed by atoms with van der Waals surface area (Å²) in [5.41, 5.74) is 1.27. The van der Waals surface area contributed by atoms with Gasteiger partial charge in [-0.3, -0.25) is 4.79 Å². The fourth-order valence-corrected chi connectivity index (χ4v) is 2.72. The zero-order valence-corrected chi connectivity index (χ0v) is 16.3. The fourth-order valence-electron chi connectivity index (χ4n) is 2.72. The maximum Gasteiger partial charge on any atom is 0.343 e. The van der Waals surface area contributed by atoms with E-state index in [-0.39, 0.29) is 17.8 Å². The summed E-state index contributed by atoms with van der Waals surface area (Å²) < 4.78 is 21.4. The van der Waals surface area contributed by atoms with Gasteiger partial charge in [-0.25, -0.2) is 4.79 Å². The van der Waals surface area contributed by atoms with Crippen molar-refractivity contribution in [2.45, 2.75) is 26.7 Å². The maximum atomic E-state index is 12.9. The van der Waals surface area contributed by atoms with Gasteiger partial charge in [0, 0.05) is 6.07 Å². The number of rotatable bonds is 6. The van der Waals surface area contributed by atoms with E-state index in [0.29, 0.717) is 34.1 Å². The van der Waals surface area contributed by atoms with Gasteiger partial charge in [0.15, 0.2) is 6.61 Å². The van der Waals surface area contributed by atoms with Crippen LogP contribution in [-0.4, -0.2) is 19.7 Å². The lowest BCUT2D eigenvalue weighted by Crippen LogP contribution is -2.12. The molecule has 0 unspecified atom stereocenters. The predicted molar refractivity (Wildman–Crippen MR) is 105 cm³/mol. The van der Waals surface area contributed by atoms with Crippen LogP contribution in [0.4, 0.5) is 0 Å². The molecule has 28 heavy (non-hydrogen) atoms. The summed E-state index contributed by atoms with van der Waals surface area (Å²) >= 11 is 0. The summed E-state index contributed by atoms with van der Waals surface area (Å²) in [6.45, 7) is 5.67. The zero-order valence-electron chi connectivity index (χ0n) is 16.3. The normalized spacial score (nSPS) is 10.9. The largest absolute Gasteiger partial charge is 0.482 e. The summed E-state index contributed by atoms with van der Waals surface area (Å²) in [5, 5.41) is 0.366. The van der Waals surface area contributed by atoms with E-state index in [2.05, 4.69) is 18.6 Å². The maximum absolute atomic E-state index is 12.9. The molecule has 1 aromatic heterocycles. The van der Waals surface area contributed by atoms with Gasteiger partial charge >= 0.3 is 5.97 Å². The van der Waals surface area contributed by atoms with Crippen molar-refractivity contribution < 1.29 is 23.4 Å².